The van der Waals surface area contributed by atoms with Crippen molar-refractivity contribution in [3.05, 3.63) is 58.9 Å². The van der Waals surface area contributed by atoms with Gasteiger partial charge in [0.25, 0.3) is 0 Å². The zero-order chi connectivity index (χ0) is 21.3. The molecule has 2 aliphatic rings. The lowest BCUT2D eigenvalue weighted by molar-refractivity contribution is 0.0587. The van der Waals surface area contributed by atoms with E-state index < -0.39 is 11.5 Å². The van der Waals surface area contributed by atoms with E-state index >= 15 is 4.39 Å². The van der Waals surface area contributed by atoms with Crippen molar-refractivity contribution in [1.82, 2.24) is 4.90 Å². The molecule has 30 heavy (non-hydrogen) atoms. The van der Waals surface area contributed by atoms with Gasteiger partial charge in [-0.05, 0) is 73.7 Å². The first-order valence-corrected chi connectivity index (χ1v) is 10.4. The zero-order valence-corrected chi connectivity index (χ0v) is 17.4. The summed E-state index contributed by atoms with van der Waals surface area (Å²) in [6, 6.07) is 9.95. The number of ether oxygens (including phenoxy) is 2. The molecule has 0 amide bonds. The second-order valence-electron chi connectivity index (χ2n) is 8.39. The highest BCUT2D eigenvalue weighted by atomic mass is 19.1. The van der Waals surface area contributed by atoms with Crippen molar-refractivity contribution < 1.29 is 23.0 Å². The Kier molecular flexibility index (Phi) is 5.78. The monoisotopic (exact) mass is 415 g/mol. The molecule has 0 spiro atoms. The minimum atomic E-state index is -1.87. The third-order valence-corrected chi connectivity index (χ3v) is 6.35. The van der Waals surface area contributed by atoms with E-state index in [0.29, 0.717) is 29.2 Å². The van der Waals surface area contributed by atoms with E-state index in [2.05, 4.69) is 4.90 Å². The molecule has 0 radical (unpaired) electrons. The molecule has 1 fully saturated rings. The van der Waals surface area contributed by atoms with Crippen molar-refractivity contribution in [2.24, 2.45) is 5.92 Å². The molecule has 1 heterocycles. The molecule has 160 valence electrons. The molecular weight excluding hydrogens is 388 g/mol. The molecule has 1 aliphatic carbocycles. The van der Waals surface area contributed by atoms with E-state index in [4.69, 9.17) is 9.47 Å². The Labute approximate surface area is 175 Å². The maximum absolute atomic E-state index is 15.8. The molecule has 1 unspecified atom stereocenters. The Balaban J connectivity index is 1.38. The van der Waals surface area contributed by atoms with Crippen LogP contribution in [0.5, 0.6) is 11.5 Å². The van der Waals surface area contributed by atoms with E-state index in [1.807, 2.05) is 6.07 Å². The molecule has 0 N–H and O–H groups in total. The number of Topliss-reactive ketones (excluding diaryl/α,β-unsaturated/α-hetero) is 1. The number of halogens is 2. The minimum Gasteiger partial charge on any atom is -0.493 e. The van der Waals surface area contributed by atoms with Crippen LogP contribution in [-0.4, -0.2) is 43.7 Å². The zero-order valence-electron chi connectivity index (χ0n) is 17.4. The highest BCUT2D eigenvalue weighted by molar-refractivity contribution is 6.07. The standard InChI is InChI=1S/C24H27F2NO3/c1-29-21-11-18-14-24(26,23(28)20(18)12-22(21)30-2)13-16-6-8-27(9-7-16)15-17-4-3-5-19(25)10-17/h3-5,10-12,16H,6-9,13-15H2,1-2H3. The van der Waals surface area contributed by atoms with Gasteiger partial charge in [0.1, 0.15) is 5.82 Å². The van der Waals surface area contributed by atoms with Crippen molar-refractivity contribution in [3.63, 3.8) is 0 Å². The molecule has 1 atom stereocenters. The summed E-state index contributed by atoms with van der Waals surface area (Å²) in [5.41, 5.74) is 0.164. The number of piperidine rings is 1. The van der Waals surface area contributed by atoms with Crippen LogP contribution in [0.3, 0.4) is 0 Å². The number of ketones is 1. The van der Waals surface area contributed by atoms with Crippen molar-refractivity contribution in [2.75, 3.05) is 27.3 Å². The third kappa shape index (κ3) is 4.06. The molecule has 2 aromatic carbocycles. The first-order valence-electron chi connectivity index (χ1n) is 10.4. The Morgan fingerprint density at radius 3 is 2.47 bits per heavy atom. The fourth-order valence-corrected chi connectivity index (χ4v) is 4.77. The topological polar surface area (TPSA) is 38.8 Å². The van der Waals surface area contributed by atoms with E-state index in [1.165, 1.54) is 20.3 Å². The van der Waals surface area contributed by atoms with Crippen molar-refractivity contribution in [1.29, 1.82) is 0 Å². The summed E-state index contributed by atoms with van der Waals surface area (Å²) in [7, 11) is 3.03. The van der Waals surface area contributed by atoms with Crippen LogP contribution >= 0.6 is 0 Å². The van der Waals surface area contributed by atoms with Crippen molar-refractivity contribution >= 4 is 5.78 Å². The molecule has 4 nitrogen and oxygen atoms in total. The highest BCUT2D eigenvalue weighted by Crippen LogP contribution is 2.43. The fourth-order valence-electron chi connectivity index (χ4n) is 4.77. The van der Waals surface area contributed by atoms with E-state index in [-0.39, 0.29) is 24.6 Å². The number of carbonyl (C=O) groups excluding carboxylic acids is 1. The summed E-state index contributed by atoms with van der Waals surface area (Å²) in [6.45, 7) is 2.33. The molecule has 0 bridgehead atoms. The first kappa shape index (κ1) is 20.8. The number of methoxy groups -OCH3 is 2. The van der Waals surface area contributed by atoms with Gasteiger partial charge in [-0.25, -0.2) is 8.78 Å². The van der Waals surface area contributed by atoms with Gasteiger partial charge in [0.2, 0.25) is 5.78 Å². The van der Waals surface area contributed by atoms with Gasteiger partial charge in [-0.1, -0.05) is 12.1 Å². The SMILES string of the molecule is COc1cc2c(cc1OC)C(=O)C(F)(CC1CCN(Cc3cccc(F)c3)CC1)C2. The van der Waals surface area contributed by atoms with E-state index in [9.17, 15) is 9.18 Å². The number of carbonyl (C=O) groups is 1. The average molecular weight is 415 g/mol. The van der Waals surface area contributed by atoms with Crippen molar-refractivity contribution in [2.45, 2.75) is 37.9 Å². The van der Waals surface area contributed by atoms with Crippen LogP contribution in [0.25, 0.3) is 0 Å². The Morgan fingerprint density at radius 1 is 1.10 bits per heavy atom. The van der Waals surface area contributed by atoms with Gasteiger partial charge in [-0.2, -0.15) is 0 Å². The molecule has 6 heteroatoms. The Bertz CT molecular complexity index is 940. The first-order chi connectivity index (χ1) is 14.4. The maximum atomic E-state index is 15.8. The number of hydrogen-bond acceptors (Lipinski definition) is 4. The fraction of sp³-hybridized carbons (Fsp3) is 0.458. The van der Waals surface area contributed by atoms with Gasteiger partial charge in [0.15, 0.2) is 17.2 Å². The summed E-state index contributed by atoms with van der Waals surface area (Å²) in [6.07, 6.45) is 1.98. The summed E-state index contributed by atoms with van der Waals surface area (Å²) in [5.74, 6) is 0.439. The number of hydrogen-bond donors (Lipinski definition) is 0. The number of fused-ring (bicyclic) bond motifs is 1. The number of benzene rings is 2. The minimum absolute atomic E-state index is 0.0883. The molecule has 0 aromatic heterocycles. The Hall–Kier alpha value is -2.47. The summed E-state index contributed by atoms with van der Waals surface area (Å²) in [4.78, 5) is 15.1. The maximum Gasteiger partial charge on any atom is 0.200 e. The van der Waals surface area contributed by atoms with E-state index in [0.717, 1.165) is 31.5 Å². The summed E-state index contributed by atoms with van der Waals surface area (Å²) in [5, 5.41) is 0. The summed E-state index contributed by atoms with van der Waals surface area (Å²) >= 11 is 0. The van der Waals surface area contributed by atoms with Crippen molar-refractivity contribution in [3.8, 4) is 11.5 Å². The second-order valence-corrected chi connectivity index (χ2v) is 8.39. The third-order valence-electron chi connectivity index (χ3n) is 6.35. The number of rotatable bonds is 6. The van der Waals surface area contributed by atoms with Crippen LogP contribution in [0, 0.1) is 11.7 Å². The lowest BCUT2D eigenvalue weighted by Crippen LogP contribution is -2.38. The predicted molar refractivity (Wildman–Crippen MR) is 110 cm³/mol. The van der Waals surface area contributed by atoms with Crippen LogP contribution in [0.4, 0.5) is 8.78 Å². The lowest BCUT2D eigenvalue weighted by atomic mass is 9.83. The molecule has 2 aromatic rings. The normalized spacial score (nSPS) is 22.2. The molecular formula is C24H27F2NO3. The smallest absolute Gasteiger partial charge is 0.200 e. The van der Waals surface area contributed by atoms with Crippen LogP contribution < -0.4 is 9.47 Å². The number of nitrogens with zero attached hydrogens (tertiary/aromatic N) is 1. The van der Waals surface area contributed by atoms with Gasteiger partial charge in [-0.15, -0.1) is 0 Å². The largest absolute Gasteiger partial charge is 0.493 e. The van der Waals surface area contributed by atoms with Crippen LogP contribution in [0.2, 0.25) is 0 Å². The number of alkyl halides is 1. The van der Waals surface area contributed by atoms with Crippen LogP contribution in [0.15, 0.2) is 36.4 Å². The van der Waals surface area contributed by atoms with Gasteiger partial charge in [0.05, 0.1) is 14.2 Å². The van der Waals surface area contributed by atoms with Gasteiger partial charge >= 0.3 is 0 Å². The van der Waals surface area contributed by atoms with Gasteiger partial charge < -0.3 is 9.47 Å². The Morgan fingerprint density at radius 2 is 1.80 bits per heavy atom. The molecule has 0 saturated carbocycles. The molecule has 4 rings (SSSR count). The van der Waals surface area contributed by atoms with Gasteiger partial charge in [0, 0.05) is 18.5 Å². The quantitative estimate of drug-likeness (QED) is 0.692. The average Bonchev–Trinajstić information content (AvgIpc) is 2.98. The molecule has 1 aliphatic heterocycles. The second kappa shape index (κ2) is 8.34. The van der Waals surface area contributed by atoms with Crippen LogP contribution in [0.1, 0.15) is 40.7 Å². The number of likely N-dealkylation sites (tertiary alicyclic amines) is 1. The lowest BCUT2D eigenvalue weighted by Gasteiger charge is -2.34. The van der Waals surface area contributed by atoms with Gasteiger partial charge in [-0.3, -0.25) is 9.69 Å². The van der Waals surface area contributed by atoms with E-state index in [1.54, 1.807) is 24.3 Å². The molecule has 1 saturated heterocycles. The predicted octanol–water partition coefficient (Wildman–Crippen LogP) is 4.59. The highest BCUT2D eigenvalue weighted by Gasteiger charge is 2.48. The van der Waals surface area contributed by atoms with Crippen LogP contribution in [-0.2, 0) is 13.0 Å². The summed E-state index contributed by atoms with van der Waals surface area (Å²) < 4.78 is 39.7.